The standard InChI is InChI=1S/C8H6N2O2.C7H5Cl/c11-8(12)7-5-3-1-2-4-6(5)9-10-7;8-7-5-2-1-3-6(7)4-5/h1-4H,(H,9,10)(H,11,12);1-4,7H. The van der Waals surface area contributed by atoms with E-state index in [9.17, 15) is 4.79 Å². The lowest BCUT2D eigenvalue weighted by Crippen LogP contribution is -2.02. The number of carboxylic acids is 1. The largest absolute Gasteiger partial charge is 0.476 e. The van der Waals surface area contributed by atoms with Gasteiger partial charge in [-0.1, -0.05) is 42.5 Å². The van der Waals surface area contributed by atoms with Crippen molar-refractivity contribution in [3.05, 3.63) is 65.4 Å². The van der Waals surface area contributed by atoms with Crippen LogP contribution in [0.25, 0.3) is 10.9 Å². The molecule has 5 heteroatoms. The molecule has 5 rings (SSSR count). The molecule has 20 heavy (non-hydrogen) atoms. The van der Waals surface area contributed by atoms with Gasteiger partial charge in [-0.15, -0.1) is 11.6 Å². The summed E-state index contributed by atoms with van der Waals surface area (Å²) in [6.45, 7) is 0. The molecule has 4 nitrogen and oxygen atoms in total. The molecule has 0 fully saturated rings. The first kappa shape index (κ1) is 12.7. The Morgan fingerprint density at radius 1 is 1.15 bits per heavy atom. The van der Waals surface area contributed by atoms with E-state index < -0.39 is 5.97 Å². The molecule has 0 radical (unpaired) electrons. The molecule has 1 heterocycles. The van der Waals surface area contributed by atoms with Crippen LogP contribution in [0.2, 0.25) is 0 Å². The van der Waals surface area contributed by atoms with Crippen LogP contribution in [0.15, 0.2) is 48.5 Å². The van der Waals surface area contributed by atoms with E-state index in [1.54, 1.807) is 18.2 Å². The Hall–Kier alpha value is -2.33. The molecule has 0 spiro atoms. The number of alkyl halides is 1. The van der Waals surface area contributed by atoms with E-state index in [4.69, 9.17) is 16.7 Å². The van der Waals surface area contributed by atoms with Gasteiger partial charge in [-0.2, -0.15) is 5.10 Å². The highest BCUT2D eigenvalue weighted by Crippen LogP contribution is 2.37. The zero-order chi connectivity index (χ0) is 14.1. The number of nitrogens with one attached hydrogen (secondary N) is 1. The van der Waals surface area contributed by atoms with Crippen molar-refractivity contribution < 1.29 is 9.90 Å². The Balaban J connectivity index is 0.000000131. The lowest BCUT2D eigenvalue weighted by molar-refractivity contribution is 0.0692. The van der Waals surface area contributed by atoms with Crippen LogP contribution in [-0.2, 0) is 0 Å². The Kier molecular flexibility index (Phi) is 3.16. The van der Waals surface area contributed by atoms with Crippen molar-refractivity contribution in [3.63, 3.8) is 0 Å². The van der Waals surface area contributed by atoms with Crippen molar-refractivity contribution in [3.8, 4) is 0 Å². The van der Waals surface area contributed by atoms with E-state index in [1.807, 2.05) is 24.3 Å². The Labute approximate surface area is 120 Å². The monoisotopic (exact) mass is 286 g/mol. The molecule has 0 saturated carbocycles. The average Bonchev–Trinajstić information content (AvgIpc) is 2.92. The number of halogens is 1. The molecule has 2 bridgehead atoms. The van der Waals surface area contributed by atoms with Crippen molar-refractivity contribution in [2.24, 2.45) is 0 Å². The number of rotatable bonds is 1. The molecule has 1 aromatic heterocycles. The van der Waals surface area contributed by atoms with Gasteiger partial charge >= 0.3 is 5.97 Å². The van der Waals surface area contributed by atoms with Crippen LogP contribution in [0.4, 0.5) is 0 Å². The van der Waals surface area contributed by atoms with Gasteiger partial charge in [0.05, 0.1) is 10.9 Å². The van der Waals surface area contributed by atoms with Crippen LogP contribution >= 0.6 is 11.6 Å². The fraction of sp³-hybridized carbons (Fsp3) is 0.0667. The van der Waals surface area contributed by atoms with Crippen LogP contribution in [-0.4, -0.2) is 21.3 Å². The maximum absolute atomic E-state index is 10.6. The zero-order valence-corrected chi connectivity index (χ0v) is 11.1. The van der Waals surface area contributed by atoms with E-state index in [0.29, 0.717) is 5.39 Å². The summed E-state index contributed by atoms with van der Waals surface area (Å²) >= 11 is 5.83. The number of H-pyrrole nitrogens is 1. The van der Waals surface area contributed by atoms with Crippen LogP contribution in [0.5, 0.6) is 0 Å². The minimum absolute atomic E-state index is 0.0746. The number of aromatic amines is 1. The Bertz CT molecular complexity index is 755. The van der Waals surface area contributed by atoms with E-state index in [2.05, 4.69) is 16.3 Å². The van der Waals surface area contributed by atoms with Gasteiger partial charge < -0.3 is 5.11 Å². The molecule has 100 valence electrons. The number of aromatic nitrogens is 2. The summed E-state index contributed by atoms with van der Waals surface area (Å²) in [7, 11) is 0. The van der Waals surface area contributed by atoms with Gasteiger partial charge in [0.25, 0.3) is 0 Å². The topological polar surface area (TPSA) is 66.0 Å². The first-order valence-corrected chi connectivity index (χ1v) is 6.51. The van der Waals surface area contributed by atoms with E-state index >= 15 is 0 Å². The van der Waals surface area contributed by atoms with Crippen molar-refractivity contribution in [2.45, 2.75) is 5.38 Å². The molecule has 0 aliphatic heterocycles. The van der Waals surface area contributed by atoms with E-state index in [1.165, 1.54) is 11.1 Å². The third kappa shape index (κ3) is 2.14. The number of hydrogen-bond acceptors (Lipinski definition) is 2. The van der Waals surface area contributed by atoms with Crippen LogP contribution in [0, 0.1) is 0 Å². The molecule has 3 aromatic rings. The summed E-state index contributed by atoms with van der Waals surface area (Å²) in [5.74, 6) is -1.01. The van der Waals surface area contributed by atoms with Crippen LogP contribution in [0.3, 0.4) is 0 Å². The van der Waals surface area contributed by atoms with E-state index in [0.717, 1.165) is 5.52 Å². The maximum Gasteiger partial charge on any atom is 0.357 e. The van der Waals surface area contributed by atoms with Gasteiger partial charge in [0.1, 0.15) is 0 Å². The number of carboxylic acid groups (broad SMARTS) is 1. The van der Waals surface area contributed by atoms with Crippen molar-refractivity contribution in [1.29, 1.82) is 0 Å². The number of aromatic carboxylic acids is 1. The van der Waals surface area contributed by atoms with Gasteiger partial charge in [-0.05, 0) is 17.2 Å². The van der Waals surface area contributed by atoms with Gasteiger partial charge in [-0.3, -0.25) is 5.10 Å². The van der Waals surface area contributed by atoms with Crippen molar-refractivity contribution in [1.82, 2.24) is 10.2 Å². The quantitative estimate of drug-likeness (QED) is 0.672. The third-order valence-corrected chi connectivity index (χ3v) is 3.67. The number of para-hydroxylation sites is 1. The molecule has 2 aliphatic rings. The SMILES string of the molecule is ClC1c2cccc1c2.O=C(O)c1n[nH]c2ccccc12. The third-order valence-electron chi connectivity index (χ3n) is 3.17. The minimum Gasteiger partial charge on any atom is -0.476 e. The first-order chi connectivity index (χ1) is 9.66. The highest BCUT2D eigenvalue weighted by molar-refractivity contribution is 6.23. The normalized spacial score (nSPS) is 12.4. The number of benzene rings is 2. The summed E-state index contributed by atoms with van der Waals surface area (Å²) in [6, 6.07) is 15.4. The number of carbonyl (C=O) groups is 1. The molecular formula is C15H11ClN2O2. The molecule has 0 amide bonds. The fourth-order valence-electron chi connectivity index (χ4n) is 2.10. The molecule has 0 saturated heterocycles. The maximum atomic E-state index is 10.6. The van der Waals surface area contributed by atoms with Crippen LogP contribution < -0.4 is 0 Å². The molecule has 2 N–H and O–H groups in total. The summed E-state index contributed by atoms with van der Waals surface area (Å²) in [5.41, 5.74) is 3.33. The molecule has 2 aliphatic carbocycles. The molecule has 2 aromatic carbocycles. The van der Waals surface area contributed by atoms with Crippen LogP contribution in [0.1, 0.15) is 27.0 Å². The molecule has 0 atom stereocenters. The van der Waals surface area contributed by atoms with E-state index in [-0.39, 0.29) is 11.1 Å². The van der Waals surface area contributed by atoms with Gasteiger partial charge in [0.2, 0.25) is 0 Å². The first-order valence-electron chi connectivity index (χ1n) is 6.07. The molecule has 0 unspecified atom stereocenters. The zero-order valence-electron chi connectivity index (χ0n) is 10.4. The average molecular weight is 287 g/mol. The Morgan fingerprint density at radius 3 is 2.40 bits per heavy atom. The number of nitrogens with zero attached hydrogens (tertiary/aromatic N) is 1. The predicted octanol–water partition coefficient (Wildman–Crippen LogP) is 3.59. The second-order valence-electron chi connectivity index (χ2n) is 4.46. The van der Waals surface area contributed by atoms with Gasteiger partial charge in [0.15, 0.2) is 5.69 Å². The highest BCUT2D eigenvalue weighted by Gasteiger charge is 2.19. The second-order valence-corrected chi connectivity index (χ2v) is 4.89. The number of hydrogen-bond donors (Lipinski definition) is 2. The Morgan fingerprint density at radius 2 is 1.85 bits per heavy atom. The lowest BCUT2D eigenvalue weighted by Gasteiger charge is -2.20. The minimum atomic E-state index is -1.01. The molecular weight excluding hydrogens is 276 g/mol. The highest BCUT2D eigenvalue weighted by atomic mass is 35.5. The van der Waals surface area contributed by atoms with Gasteiger partial charge in [-0.25, -0.2) is 4.79 Å². The smallest absolute Gasteiger partial charge is 0.357 e. The van der Waals surface area contributed by atoms with Crippen molar-refractivity contribution in [2.75, 3.05) is 0 Å². The summed E-state index contributed by atoms with van der Waals surface area (Å²) in [4.78, 5) is 10.6. The predicted molar refractivity (Wildman–Crippen MR) is 77.2 cm³/mol. The summed E-state index contributed by atoms with van der Waals surface area (Å²) < 4.78 is 0. The fourth-order valence-corrected chi connectivity index (χ4v) is 2.37. The van der Waals surface area contributed by atoms with Crippen molar-refractivity contribution >= 4 is 28.5 Å². The second kappa shape index (κ2) is 4.98. The lowest BCUT2D eigenvalue weighted by atomic mass is 9.93. The summed E-state index contributed by atoms with van der Waals surface area (Å²) in [6.07, 6.45) is 0. The number of fused-ring (bicyclic) bond motifs is 3. The summed E-state index contributed by atoms with van der Waals surface area (Å²) in [5, 5.41) is 15.9. The van der Waals surface area contributed by atoms with Gasteiger partial charge in [0, 0.05) is 5.39 Å².